The minimum atomic E-state index is 0. The highest BCUT2D eigenvalue weighted by atomic mass is 35.5. The van der Waals surface area contributed by atoms with E-state index in [4.69, 9.17) is 4.74 Å². The molecule has 0 spiro atoms. The van der Waals surface area contributed by atoms with Gasteiger partial charge in [-0.25, -0.2) is 0 Å². The SMILES string of the molecule is Cl.c1nn(CC2CCCC2)c2c1CNCC2COCC1CC1. The van der Waals surface area contributed by atoms with Gasteiger partial charge in [0.25, 0.3) is 0 Å². The molecule has 2 aliphatic carbocycles. The molecule has 124 valence electrons. The van der Waals surface area contributed by atoms with Gasteiger partial charge in [-0.2, -0.15) is 5.10 Å². The van der Waals surface area contributed by atoms with E-state index in [1.807, 2.05) is 0 Å². The molecule has 0 aromatic carbocycles. The Labute approximate surface area is 139 Å². The Morgan fingerprint density at radius 3 is 2.73 bits per heavy atom. The van der Waals surface area contributed by atoms with Crippen LogP contribution in [0.3, 0.4) is 0 Å². The summed E-state index contributed by atoms with van der Waals surface area (Å²) in [5.41, 5.74) is 2.84. The van der Waals surface area contributed by atoms with Crippen molar-refractivity contribution in [3.63, 3.8) is 0 Å². The molecule has 5 heteroatoms. The van der Waals surface area contributed by atoms with Crippen molar-refractivity contribution in [1.29, 1.82) is 0 Å². The molecule has 1 aromatic rings. The third kappa shape index (κ3) is 3.66. The molecule has 0 bridgehead atoms. The van der Waals surface area contributed by atoms with Crippen molar-refractivity contribution >= 4 is 12.4 Å². The second kappa shape index (κ2) is 7.33. The number of fused-ring (bicyclic) bond motifs is 1. The van der Waals surface area contributed by atoms with E-state index in [0.717, 1.165) is 44.7 Å². The first-order valence-corrected chi connectivity index (χ1v) is 8.73. The summed E-state index contributed by atoms with van der Waals surface area (Å²) >= 11 is 0. The minimum Gasteiger partial charge on any atom is -0.380 e. The molecule has 0 amide bonds. The maximum Gasteiger partial charge on any atom is 0.0562 e. The van der Waals surface area contributed by atoms with Crippen molar-refractivity contribution < 1.29 is 4.74 Å². The van der Waals surface area contributed by atoms with Crippen LogP contribution in [0.5, 0.6) is 0 Å². The third-order valence-corrected chi connectivity index (χ3v) is 5.33. The van der Waals surface area contributed by atoms with Crippen LogP contribution in [-0.4, -0.2) is 29.5 Å². The largest absolute Gasteiger partial charge is 0.380 e. The number of nitrogens with zero attached hydrogens (tertiary/aromatic N) is 2. The second-order valence-corrected chi connectivity index (χ2v) is 7.20. The normalized spacial score (nSPS) is 25.0. The molecule has 4 nitrogen and oxygen atoms in total. The van der Waals surface area contributed by atoms with Crippen LogP contribution in [0.2, 0.25) is 0 Å². The fourth-order valence-electron chi connectivity index (χ4n) is 3.90. The molecular formula is C17H28ClN3O. The van der Waals surface area contributed by atoms with Gasteiger partial charge in [-0.3, -0.25) is 4.68 Å². The predicted molar refractivity (Wildman–Crippen MR) is 89.4 cm³/mol. The highest BCUT2D eigenvalue weighted by molar-refractivity contribution is 5.85. The Kier molecular flexibility index (Phi) is 5.42. The van der Waals surface area contributed by atoms with E-state index in [-0.39, 0.29) is 12.4 Å². The molecule has 4 rings (SSSR count). The number of aromatic nitrogens is 2. The Balaban J connectivity index is 0.00000144. The number of rotatable bonds is 6. The minimum absolute atomic E-state index is 0. The van der Waals surface area contributed by atoms with Crippen LogP contribution in [0.4, 0.5) is 0 Å². The van der Waals surface area contributed by atoms with Crippen LogP contribution < -0.4 is 5.32 Å². The Morgan fingerprint density at radius 1 is 1.14 bits per heavy atom. The van der Waals surface area contributed by atoms with Gasteiger partial charge in [0.2, 0.25) is 0 Å². The van der Waals surface area contributed by atoms with E-state index in [0.29, 0.717) is 5.92 Å². The monoisotopic (exact) mass is 325 g/mol. The molecule has 2 heterocycles. The van der Waals surface area contributed by atoms with Crippen molar-refractivity contribution in [3.8, 4) is 0 Å². The van der Waals surface area contributed by atoms with E-state index >= 15 is 0 Å². The van der Waals surface area contributed by atoms with Gasteiger partial charge >= 0.3 is 0 Å². The van der Waals surface area contributed by atoms with E-state index < -0.39 is 0 Å². The van der Waals surface area contributed by atoms with Crippen LogP contribution in [0.15, 0.2) is 6.20 Å². The van der Waals surface area contributed by atoms with E-state index in [1.54, 1.807) is 0 Å². The van der Waals surface area contributed by atoms with Gasteiger partial charge in [0.05, 0.1) is 12.8 Å². The number of nitrogens with one attached hydrogen (secondary N) is 1. The summed E-state index contributed by atoms with van der Waals surface area (Å²) in [4.78, 5) is 0. The van der Waals surface area contributed by atoms with E-state index in [2.05, 4.69) is 21.3 Å². The topological polar surface area (TPSA) is 39.1 Å². The lowest BCUT2D eigenvalue weighted by Gasteiger charge is -2.26. The number of hydrogen-bond donors (Lipinski definition) is 1. The third-order valence-electron chi connectivity index (χ3n) is 5.33. The van der Waals surface area contributed by atoms with Crippen LogP contribution >= 0.6 is 12.4 Å². The maximum absolute atomic E-state index is 5.97. The first-order valence-electron chi connectivity index (χ1n) is 8.73. The Bertz CT molecular complexity index is 480. The highest BCUT2D eigenvalue weighted by Gasteiger charge is 2.28. The van der Waals surface area contributed by atoms with Crippen LogP contribution in [-0.2, 0) is 17.8 Å². The van der Waals surface area contributed by atoms with Crippen molar-refractivity contribution in [2.45, 2.75) is 57.5 Å². The van der Waals surface area contributed by atoms with Gasteiger partial charge in [0.1, 0.15) is 0 Å². The summed E-state index contributed by atoms with van der Waals surface area (Å²) < 4.78 is 8.27. The summed E-state index contributed by atoms with van der Waals surface area (Å²) in [5, 5.41) is 8.21. The maximum atomic E-state index is 5.97. The average molecular weight is 326 g/mol. The lowest BCUT2D eigenvalue weighted by atomic mass is 9.98. The standard InChI is InChI=1S/C17H27N3O.ClH/c1-2-4-13(3-1)10-20-17-15(9-19-20)7-18-8-16(17)12-21-11-14-5-6-14;/h9,13-14,16,18H,1-8,10-12H2;1H. The highest BCUT2D eigenvalue weighted by Crippen LogP contribution is 2.31. The first-order chi connectivity index (χ1) is 10.4. The number of hydrogen-bond acceptors (Lipinski definition) is 3. The smallest absolute Gasteiger partial charge is 0.0562 e. The van der Waals surface area contributed by atoms with E-state index in [9.17, 15) is 0 Å². The van der Waals surface area contributed by atoms with Crippen LogP contribution in [0, 0.1) is 11.8 Å². The van der Waals surface area contributed by atoms with Gasteiger partial charge in [0, 0.05) is 43.4 Å². The zero-order valence-corrected chi connectivity index (χ0v) is 14.1. The lowest BCUT2D eigenvalue weighted by Crippen LogP contribution is -2.32. The van der Waals surface area contributed by atoms with Crippen LogP contribution in [0.25, 0.3) is 0 Å². The van der Waals surface area contributed by atoms with Gasteiger partial charge in [-0.05, 0) is 37.5 Å². The first kappa shape index (κ1) is 16.3. The van der Waals surface area contributed by atoms with Crippen molar-refractivity contribution in [2.24, 2.45) is 11.8 Å². The molecule has 1 aliphatic heterocycles. The molecule has 0 radical (unpaired) electrons. The number of ether oxygens (including phenoxy) is 1. The lowest BCUT2D eigenvalue weighted by molar-refractivity contribution is 0.106. The summed E-state index contributed by atoms with van der Waals surface area (Å²) in [5.74, 6) is 2.18. The molecule has 22 heavy (non-hydrogen) atoms. The van der Waals surface area contributed by atoms with Crippen molar-refractivity contribution in [2.75, 3.05) is 19.8 Å². The van der Waals surface area contributed by atoms with Gasteiger partial charge < -0.3 is 10.1 Å². The molecule has 2 fully saturated rings. The quantitative estimate of drug-likeness (QED) is 0.873. The molecule has 2 saturated carbocycles. The number of halogens is 1. The average Bonchev–Trinajstić information content (AvgIpc) is 3.01. The summed E-state index contributed by atoms with van der Waals surface area (Å²) in [6, 6.07) is 0. The molecule has 0 saturated heterocycles. The van der Waals surface area contributed by atoms with E-state index in [1.165, 1.54) is 49.8 Å². The van der Waals surface area contributed by atoms with Crippen molar-refractivity contribution in [3.05, 3.63) is 17.5 Å². The van der Waals surface area contributed by atoms with Crippen molar-refractivity contribution in [1.82, 2.24) is 15.1 Å². The summed E-state index contributed by atoms with van der Waals surface area (Å²) in [6.45, 7) is 4.94. The predicted octanol–water partition coefficient (Wildman–Crippen LogP) is 3.11. The summed E-state index contributed by atoms with van der Waals surface area (Å²) in [6.07, 6.45) is 10.4. The Hall–Kier alpha value is -0.580. The van der Waals surface area contributed by atoms with Gasteiger partial charge in [-0.1, -0.05) is 12.8 Å². The fraction of sp³-hybridized carbons (Fsp3) is 0.824. The molecule has 1 unspecified atom stereocenters. The van der Waals surface area contributed by atoms with Crippen LogP contribution in [0.1, 0.15) is 55.7 Å². The molecule has 1 aromatic heterocycles. The molecular weight excluding hydrogens is 298 g/mol. The second-order valence-electron chi connectivity index (χ2n) is 7.20. The fourth-order valence-corrected chi connectivity index (χ4v) is 3.90. The molecule has 1 atom stereocenters. The molecule has 3 aliphatic rings. The zero-order chi connectivity index (χ0) is 14.1. The van der Waals surface area contributed by atoms with Gasteiger partial charge in [-0.15, -0.1) is 12.4 Å². The van der Waals surface area contributed by atoms with Gasteiger partial charge in [0.15, 0.2) is 0 Å². The summed E-state index contributed by atoms with van der Waals surface area (Å²) in [7, 11) is 0. The molecule has 1 N–H and O–H groups in total. The zero-order valence-electron chi connectivity index (χ0n) is 13.3. The Morgan fingerprint density at radius 2 is 1.95 bits per heavy atom.